The van der Waals surface area contributed by atoms with Gasteiger partial charge in [0.05, 0.1) is 5.56 Å². The van der Waals surface area contributed by atoms with Crippen molar-refractivity contribution >= 4 is 33.4 Å². The highest BCUT2D eigenvalue weighted by atomic mass is 79.9. The lowest BCUT2D eigenvalue weighted by Gasteiger charge is -2.26. The van der Waals surface area contributed by atoms with Crippen molar-refractivity contribution in [2.75, 3.05) is 13.1 Å². The van der Waals surface area contributed by atoms with Gasteiger partial charge in [-0.15, -0.1) is 0 Å². The summed E-state index contributed by atoms with van der Waals surface area (Å²) in [6.07, 6.45) is 4.64. The molecule has 1 aromatic heterocycles. The van der Waals surface area contributed by atoms with Crippen LogP contribution in [0.4, 0.5) is 0 Å². The van der Waals surface area contributed by atoms with Crippen molar-refractivity contribution in [1.82, 2.24) is 9.88 Å². The van der Waals surface area contributed by atoms with Crippen molar-refractivity contribution in [2.24, 2.45) is 0 Å². The van der Waals surface area contributed by atoms with Gasteiger partial charge in [-0.3, -0.25) is 4.79 Å². The van der Waals surface area contributed by atoms with Crippen molar-refractivity contribution in [1.29, 1.82) is 0 Å². The highest BCUT2D eigenvalue weighted by Crippen LogP contribution is 2.21. The van der Waals surface area contributed by atoms with Crippen LogP contribution in [0.1, 0.15) is 23.7 Å². The molecule has 0 fully saturated rings. The zero-order valence-corrected chi connectivity index (χ0v) is 11.8. The maximum Gasteiger partial charge on any atom is 0.257 e. The van der Waals surface area contributed by atoms with Crippen molar-refractivity contribution in [3.8, 4) is 0 Å². The van der Waals surface area contributed by atoms with Crippen LogP contribution < -0.4 is 0 Å². The summed E-state index contributed by atoms with van der Waals surface area (Å²) in [6.45, 7) is 3.43. The molecule has 0 unspecified atom stereocenters. The molecule has 0 saturated heterocycles. The Bertz CT molecular complexity index is 487. The summed E-state index contributed by atoms with van der Waals surface area (Å²) in [5.74, 6) is -0.0590. The lowest BCUT2D eigenvalue weighted by atomic mass is 10.1. The van der Waals surface area contributed by atoms with Crippen LogP contribution in [0, 0.1) is 0 Å². The average molecular weight is 316 g/mol. The number of amides is 1. The Labute approximate surface area is 114 Å². The highest BCUT2D eigenvalue weighted by molar-refractivity contribution is 9.10. The molecule has 2 heterocycles. The molecule has 0 saturated carbocycles. The van der Waals surface area contributed by atoms with Crippen LogP contribution in [0.25, 0.3) is 0 Å². The Morgan fingerprint density at radius 3 is 3.06 bits per heavy atom. The van der Waals surface area contributed by atoms with E-state index in [0.717, 1.165) is 17.4 Å². The van der Waals surface area contributed by atoms with Gasteiger partial charge in [-0.2, -0.15) is 0 Å². The summed E-state index contributed by atoms with van der Waals surface area (Å²) in [5, 5.41) is 0.255. The second kappa shape index (κ2) is 5.19. The molecule has 5 heteroatoms. The van der Waals surface area contributed by atoms with E-state index in [2.05, 4.69) is 27.0 Å². The maximum atomic E-state index is 12.3. The SMILES string of the molecule is CC1=CCCN(C(=O)c2cc(Br)cnc2Cl)C1. The number of carbonyl (C=O) groups is 1. The van der Waals surface area contributed by atoms with Crippen molar-refractivity contribution < 1.29 is 4.79 Å². The number of aromatic nitrogens is 1. The van der Waals surface area contributed by atoms with Gasteiger partial charge >= 0.3 is 0 Å². The van der Waals surface area contributed by atoms with Crippen molar-refractivity contribution in [3.63, 3.8) is 0 Å². The standard InChI is InChI=1S/C12H12BrClN2O/c1-8-3-2-4-16(7-8)12(17)10-5-9(13)6-15-11(10)14/h3,5-6H,2,4,7H2,1H3. The first-order chi connectivity index (χ1) is 8.08. The number of hydrogen-bond acceptors (Lipinski definition) is 2. The molecule has 1 aromatic rings. The van der Waals surface area contributed by atoms with Gasteiger partial charge in [-0.05, 0) is 35.3 Å². The molecule has 17 heavy (non-hydrogen) atoms. The van der Waals surface area contributed by atoms with E-state index in [9.17, 15) is 4.79 Å². The number of carbonyl (C=O) groups excluding carboxylic acids is 1. The molecule has 0 N–H and O–H groups in total. The van der Waals surface area contributed by atoms with E-state index >= 15 is 0 Å². The molecule has 0 bridgehead atoms. The molecular formula is C12H12BrClN2O. The van der Waals surface area contributed by atoms with Gasteiger partial charge in [0.15, 0.2) is 0 Å². The topological polar surface area (TPSA) is 33.2 Å². The van der Waals surface area contributed by atoms with E-state index in [1.807, 2.05) is 6.92 Å². The second-order valence-corrected chi connectivity index (χ2v) is 5.33. The van der Waals surface area contributed by atoms with Crippen LogP contribution in [-0.2, 0) is 0 Å². The van der Waals surface area contributed by atoms with Crippen LogP contribution in [0.2, 0.25) is 5.15 Å². The first-order valence-electron chi connectivity index (χ1n) is 5.34. The Hall–Kier alpha value is -0.870. The lowest BCUT2D eigenvalue weighted by molar-refractivity contribution is 0.0765. The Kier molecular flexibility index (Phi) is 3.84. The molecule has 1 amide bonds. The third kappa shape index (κ3) is 2.87. The third-order valence-electron chi connectivity index (χ3n) is 2.66. The van der Waals surface area contributed by atoms with Gasteiger partial charge in [0, 0.05) is 23.8 Å². The van der Waals surface area contributed by atoms with Gasteiger partial charge in [-0.25, -0.2) is 4.98 Å². The fraction of sp³-hybridized carbons (Fsp3) is 0.333. The fourth-order valence-electron chi connectivity index (χ4n) is 1.83. The minimum Gasteiger partial charge on any atom is -0.334 e. The molecule has 1 aliphatic heterocycles. The zero-order valence-electron chi connectivity index (χ0n) is 9.41. The molecule has 3 nitrogen and oxygen atoms in total. The summed E-state index contributed by atoms with van der Waals surface area (Å²) in [7, 11) is 0. The van der Waals surface area contributed by atoms with E-state index in [4.69, 9.17) is 11.6 Å². The average Bonchev–Trinajstić information content (AvgIpc) is 2.31. The predicted molar refractivity (Wildman–Crippen MR) is 71.2 cm³/mol. The summed E-state index contributed by atoms with van der Waals surface area (Å²) in [5.41, 5.74) is 1.67. The lowest BCUT2D eigenvalue weighted by Crippen LogP contribution is -2.35. The Balaban J connectivity index is 2.25. The highest BCUT2D eigenvalue weighted by Gasteiger charge is 2.21. The zero-order chi connectivity index (χ0) is 12.4. The predicted octanol–water partition coefficient (Wildman–Crippen LogP) is 3.29. The quantitative estimate of drug-likeness (QED) is 0.588. The van der Waals surface area contributed by atoms with Crippen LogP contribution in [0.15, 0.2) is 28.4 Å². The molecule has 0 aliphatic carbocycles. The fourth-order valence-corrected chi connectivity index (χ4v) is 2.34. The Morgan fingerprint density at radius 2 is 2.35 bits per heavy atom. The van der Waals surface area contributed by atoms with Gasteiger partial charge in [0.2, 0.25) is 0 Å². The summed E-state index contributed by atoms with van der Waals surface area (Å²) >= 11 is 9.25. The van der Waals surface area contributed by atoms with E-state index in [0.29, 0.717) is 12.1 Å². The van der Waals surface area contributed by atoms with Gasteiger partial charge in [0.25, 0.3) is 5.91 Å². The molecule has 1 aliphatic rings. The molecule has 90 valence electrons. The first-order valence-corrected chi connectivity index (χ1v) is 6.51. The Morgan fingerprint density at radius 1 is 1.59 bits per heavy atom. The van der Waals surface area contributed by atoms with Crippen LogP contribution in [-0.4, -0.2) is 28.9 Å². The summed E-state index contributed by atoms with van der Waals surface area (Å²) < 4.78 is 0.759. The van der Waals surface area contributed by atoms with Crippen LogP contribution in [0.3, 0.4) is 0 Å². The number of halogens is 2. The van der Waals surface area contributed by atoms with Crippen molar-refractivity contribution in [2.45, 2.75) is 13.3 Å². The number of nitrogens with zero attached hydrogens (tertiary/aromatic N) is 2. The van der Waals surface area contributed by atoms with Gasteiger partial charge < -0.3 is 4.90 Å². The van der Waals surface area contributed by atoms with E-state index in [1.165, 1.54) is 5.57 Å². The number of hydrogen-bond donors (Lipinski definition) is 0. The van der Waals surface area contributed by atoms with Crippen LogP contribution in [0.5, 0.6) is 0 Å². The minimum atomic E-state index is -0.0590. The van der Waals surface area contributed by atoms with Gasteiger partial charge in [0.1, 0.15) is 5.15 Å². The molecular weight excluding hydrogens is 304 g/mol. The first kappa shape index (κ1) is 12.6. The number of rotatable bonds is 1. The van der Waals surface area contributed by atoms with Gasteiger partial charge in [-0.1, -0.05) is 23.3 Å². The summed E-state index contributed by atoms with van der Waals surface area (Å²) in [6, 6.07) is 1.71. The molecule has 0 aromatic carbocycles. The minimum absolute atomic E-state index is 0.0590. The molecule has 0 radical (unpaired) electrons. The van der Waals surface area contributed by atoms with E-state index < -0.39 is 0 Å². The smallest absolute Gasteiger partial charge is 0.257 e. The monoisotopic (exact) mass is 314 g/mol. The molecule has 2 rings (SSSR count). The third-order valence-corrected chi connectivity index (χ3v) is 3.39. The largest absolute Gasteiger partial charge is 0.334 e. The summed E-state index contributed by atoms with van der Waals surface area (Å²) in [4.78, 5) is 18.0. The van der Waals surface area contributed by atoms with E-state index in [1.54, 1.807) is 17.2 Å². The van der Waals surface area contributed by atoms with Crippen LogP contribution >= 0.6 is 27.5 Å². The molecule has 0 atom stereocenters. The maximum absolute atomic E-state index is 12.3. The molecule has 0 spiro atoms. The van der Waals surface area contributed by atoms with E-state index in [-0.39, 0.29) is 11.1 Å². The second-order valence-electron chi connectivity index (χ2n) is 4.06. The normalized spacial score (nSPS) is 15.7. The van der Waals surface area contributed by atoms with Crippen molar-refractivity contribution in [3.05, 3.63) is 39.1 Å². The number of pyridine rings is 1.